The Hall–Kier alpha value is -1.66. The highest BCUT2D eigenvalue weighted by molar-refractivity contribution is 5.76. The Morgan fingerprint density at radius 1 is 0.491 bits per heavy atom. The molecule has 0 bridgehead atoms. The van der Waals surface area contributed by atoms with Gasteiger partial charge in [-0.3, -0.25) is 9.59 Å². The van der Waals surface area contributed by atoms with Crippen molar-refractivity contribution in [3.63, 3.8) is 0 Å². The van der Waals surface area contributed by atoms with Crippen molar-refractivity contribution in [2.24, 2.45) is 0 Å². The molecular formula is C49H93NO5. The molecule has 0 saturated carbocycles. The third-order valence-corrected chi connectivity index (χ3v) is 11.0. The fourth-order valence-electron chi connectivity index (χ4n) is 7.21. The van der Waals surface area contributed by atoms with Gasteiger partial charge in [0, 0.05) is 12.8 Å². The van der Waals surface area contributed by atoms with E-state index in [9.17, 15) is 19.8 Å². The van der Waals surface area contributed by atoms with Crippen molar-refractivity contribution in [1.29, 1.82) is 0 Å². The highest BCUT2D eigenvalue weighted by Gasteiger charge is 2.18. The maximum Gasteiger partial charge on any atom is 0.305 e. The molecular weight excluding hydrogens is 683 g/mol. The van der Waals surface area contributed by atoms with Gasteiger partial charge in [0.25, 0.3) is 0 Å². The molecule has 55 heavy (non-hydrogen) atoms. The molecule has 0 aliphatic rings. The third-order valence-electron chi connectivity index (χ3n) is 11.0. The van der Waals surface area contributed by atoms with Crippen LogP contribution >= 0.6 is 0 Å². The van der Waals surface area contributed by atoms with Crippen molar-refractivity contribution < 1.29 is 24.5 Å². The molecule has 0 aromatic heterocycles. The third kappa shape index (κ3) is 41.8. The molecule has 2 atom stereocenters. The van der Waals surface area contributed by atoms with Crippen molar-refractivity contribution in [3.05, 3.63) is 24.3 Å². The minimum Gasteiger partial charge on any atom is -0.466 e. The molecule has 324 valence electrons. The van der Waals surface area contributed by atoms with E-state index < -0.39 is 12.1 Å². The average Bonchev–Trinajstić information content (AvgIpc) is 3.18. The van der Waals surface area contributed by atoms with E-state index in [4.69, 9.17) is 4.74 Å². The minimum atomic E-state index is -0.851. The molecule has 0 radical (unpaired) electrons. The van der Waals surface area contributed by atoms with Gasteiger partial charge in [-0.25, -0.2) is 0 Å². The van der Waals surface area contributed by atoms with Crippen LogP contribution in [0.25, 0.3) is 0 Å². The van der Waals surface area contributed by atoms with Gasteiger partial charge in [-0.15, -0.1) is 0 Å². The molecule has 0 rings (SSSR count). The summed E-state index contributed by atoms with van der Waals surface area (Å²) in [7, 11) is 0. The first-order valence-electron chi connectivity index (χ1n) is 24.1. The van der Waals surface area contributed by atoms with Crippen LogP contribution in [0, 0.1) is 0 Å². The van der Waals surface area contributed by atoms with Gasteiger partial charge in [0.2, 0.25) is 5.91 Å². The van der Waals surface area contributed by atoms with Crippen LogP contribution in [0.3, 0.4) is 0 Å². The predicted octanol–water partition coefficient (Wildman–Crippen LogP) is 14.0. The van der Waals surface area contributed by atoms with E-state index in [1.807, 2.05) is 6.08 Å². The highest BCUT2D eigenvalue weighted by Crippen LogP contribution is 2.15. The van der Waals surface area contributed by atoms with Crippen molar-refractivity contribution in [1.82, 2.24) is 5.32 Å². The van der Waals surface area contributed by atoms with E-state index in [1.54, 1.807) is 6.08 Å². The van der Waals surface area contributed by atoms with Gasteiger partial charge in [0.15, 0.2) is 0 Å². The van der Waals surface area contributed by atoms with Crippen LogP contribution in [-0.2, 0) is 14.3 Å². The summed E-state index contributed by atoms with van der Waals surface area (Å²) in [5.74, 6) is -0.0964. The van der Waals surface area contributed by atoms with E-state index in [2.05, 4.69) is 31.3 Å². The SMILES string of the molecule is CCCCCCCCC/C=C/C(O)C(CO)NC(=O)CCCCCCCCC/C=C\CCCCCCOC(=O)CCCCCCCCCCCCCCCC. The Bertz CT molecular complexity index is 858. The predicted molar refractivity (Wildman–Crippen MR) is 236 cm³/mol. The summed E-state index contributed by atoms with van der Waals surface area (Å²) in [5, 5.41) is 22.9. The molecule has 0 saturated heterocycles. The number of unbranched alkanes of at least 4 members (excludes halogenated alkanes) is 31. The van der Waals surface area contributed by atoms with Crippen LogP contribution < -0.4 is 5.32 Å². The minimum absolute atomic E-state index is 0.00989. The molecule has 6 nitrogen and oxygen atoms in total. The average molecular weight is 776 g/mol. The molecule has 3 N–H and O–H groups in total. The summed E-state index contributed by atoms with van der Waals surface area (Å²) in [5.41, 5.74) is 0. The Morgan fingerprint density at radius 3 is 1.29 bits per heavy atom. The topological polar surface area (TPSA) is 95.9 Å². The summed E-state index contributed by atoms with van der Waals surface area (Å²) in [6, 6.07) is -0.636. The first-order chi connectivity index (χ1) is 27.0. The van der Waals surface area contributed by atoms with Crippen molar-refractivity contribution in [3.8, 4) is 0 Å². The monoisotopic (exact) mass is 776 g/mol. The molecule has 1 amide bonds. The molecule has 0 aromatic rings. The molecule has 0 spiro atoms. The number of carbonyl (C=O) groups excluding carboxylic acids is 2. The largest absolute Gasteiger partial charge is 0.466 e. The second-order valence-electron chi connectivity index (χ2n) is 16.4. The molecule has 0 fully saturated rings. The first kappa shape index (κ1) is 53.3. The quantitative estimate of drug-likeness (QED) is 0.0325. The Balaban J connectivity index is 3.47. The van der Waals surface area contributed by atoms with Crippen LogP contribution in [0.4, 0.5) is 0 Å². The van der Waals surface area contributed by atoms with Crippen LogP contribution in [0.2, 0.25) is 0 Å². The van der Waals surface area contributed by atoms with Crippen molar-refractivity contribution >= 4 is 11.9 Å². The van der Waals surface area contributed by atoms with Gasteiger partial charge >= 0.3 is 5.97 Å². The normalized spacial score (nSPS) is 12.9. The molecule has 2 unspecified atom stereocenters. The summed E-state index contributed by atoms with van der Waals surface area (Å²) in [6.45, 7) is 4.83. The molecule has 0 aliphatic carbocycles. The van der Waals surface area contributed by atoms with Crippen LogP contribution in [0.1, 0.15) is 251 Å². The van der Waals surface area contributed by atoms with Crippen LogP contribution in [-0.4, -0.2) is 47.4 Å². The van der Waals surface area contributed by atoms with E-state index >= 15 is 0 Å². The van der Waals surface area contributed by atoms with Gasteiger partial charge < -0.3 is 20.3 Å². The molecule has 0 aliphatic heterocycles. The zero-order chi connectivity index (χ0) is 40.1. The Kier molecular flexibility index (Phi) is 43.7. The summed E-state index contributed by atoms with van der Waals surface area (Å²) >= 11 is 0. The second-order valence-corrected chi connectivity index (χ2v) is 16.4. The smallest absolute Gasteiger partial charge is 0.305 e. The number of esters is 1. The number of hydrogen-bond acceptors (Lipinski definition) is 5. The summed E-state index contributed by atoms with van der Waals surface area (Å²) in [6.07, 6.45) is 51.8. The van der Waals surface area contributed by atoms with Crippen LogP contribution in [0.5, 0.6) is 0 Å². The lowest BCUT2D eigenvalue weighted by Gasteiger charge is -2.20. The lowest BCUT2D eigenvalue weighted by atomic mass is 10.0. The zero-order valence-corrected chi connectivity index (χ0v) is 36.7. The molecule has 0 aromatic carbocycles. The van der Waals surface area contributed by atoms with Gasteiger partial charge in [-0.05, 0) is 57.8 Å². The summed E-state index contributed by atoms with van der Waals surface area (Å²) in [4.78, 5) is 24.3. The molecule has 0 heterocycles. The van der Waals surface area contributed by atoms with E-state index in [1.165, 1.54) is 154 Å². The Morgan fingerprint density at radius 2 is 0.855 bits per heavy atom. The highest BCUT2D eigenvalue weighted by atomic mass is 16.5. The van der Waals surface area contributed by atoms with E-state index in [0.29, 0.717) is 19.4 Å². The van der Waals surface area contributed by atoms with Gasteiger partial charge in [0.1, 0.15) is 0 Å². The first-order valence-corrected chi connectivity index (χ1v) is 24.1. The number of rotatable bonds is 44. The van der Waals surface area contributed by atoms with Gasteiger partial charge in [0.05, 0.1) is 25.4 Å². The maximum atomic E-state index is 12.3. The lowest BCUT2D eigenvalue weighted by molar-refractivity contribution is -0.143. The zero-order valence-electron chi connectivity index (χ0n) is 36.7. The maximum absolute atomic E-state index is 12.3. The second kappa shape index (κ2) is 45.0. The van der Waals surface area contributed by atoms with Gasteiger partial charge in [-0.1, -0.05) is 205 Å². The van der Waals surface area contributed by atoms with Gasteiger partial charge in [-0.2, -0.15) is 0 Å². The Labute approximate surface area is 341 Å². The number of hydrogen-bond donors (Lipinski definition) is 3. The standard InChI is InChI=1S/C49H93NO5/c1-3-5-7-9-11-13-14-15-20-23-27-31-35-39-43-49(54)55-44-40-36-32-28-24-21-18-16-17-19-22-26-30-34-38-42-48(53)50-46(45-51)47(52)41-37-33-29-25-12-10-8-6-4-2/h18,21,37,41,46-47,51-52H,3-17,19-20,22-36,38-40,42-45H2,1-2H3,(H,50,53)/b21-18-,41-37+. The van der Waals surface area contributed by atoms with E-state index in [-0.39, 0.29) is 18.5 Å². The number of carbonyl (C=O) groups is 2. The number of aliphatic hydroxyl groups excluding tert-OH is 2. The lowest BCUT2D eigenvalue weighted by Crippen LogP contribution is -2.45. The fourth-order valence-corrected chi connectivity index (χ4v) is 7.21. The van der Waals surface area contributed by atoms with Crippen molar-refractivity contribution in [2.75, 3.05) is 13.2 Å². The number of aliphatic hydroxyl groups is 2. The summed E-state index contributed by atoms with van der Waals surface area (Å²) < 4.78 is 5.45. The fraction of sp³-hybridized carbons (Fsp3) is 0.878. The number of ether oxygens (including phenoxy) is 1. The number of nitrogens with one attached hydrogen (secondary N) is 1. The number of amides is 1. The molecule has 6 heteroatoms. The van der Waals surface area contributed by atoms with Crippen LogP contribution in [0.15, 0.2) is 24.3 Å². The van der Waals surface area contributed by atoms with Crippen molar-refractivity contribution in [2.45, 2.75) is 264 Å². The van der Waals surface area contributed by atoms with E-state index in [0.717, 1.165) is 70.6 Å². The number of allylic oxidation sites excluding steroid dienone is 3.